The van der Waals surface area contributed by atoms with Crippen LogP contribution in [0.2, 0.25) is 5.02 Å². The number of phenolic OH excluding ortho intramolecular Hbond substituents is 1. The molecule has 0 amide bonds. The number of aromatic hydroxyl groups is 1. The first kappa shape index (κ1) is 21.2. The molecule has 0 aliphatic heterocycles. The molecule has 0 saturated heterocycles. The van der Waals surface area contributed by atoms with Gasteiger partial charge in [0.2, 0.25) is 0 Å². The lowest BCUT2D eigenvalue weighted by Crippen LogP contribution is -2.26. The van der Waals surface area contributed by atoms with E-state index in [4.69, 9.17) is 11.6 Å². The molecule has 4 nitrogen and oxygen atoms in total. The van der Waals surface area contributed by atoms with Crippen molar-refractivity contribution in [2.45, 2.75) is 12.7 Å². The number of rotatable bonds is 6. The highest BCUT2D eigenvalue weighted by atomic mass is 35.5. The second-order valence-corrected chi connectivity index (χ2v) is 10.5. The summed E-state index contributed by atoms with van der Waals surface area (Å²) in [6.07, 6.45) is 1.68. The summed E-state index contributed by atoms with van der Waals surface area (Å²) in [5, 5.41) is 15.9. The molecule has 1 heterocycles. The average Bonchev–Trinajstić information content (AvgIpc) is 2.81. The summed E-state index contributed by atoms with van der Waals surface area (Å²) in [7, 11) is -3.36. The van der Waals surface area contributed by atoms with Gasteiger partial charge in [-0.3, -0.25) is 0 Å². The molecule has 2 N–H and O–H groups in total. The summed E-state index contributed by atoms with van der Waals surface area (Å²) < 4.78 is 15.1. The summed E-state index contributed by atoms with van der Waals surface area (Å²) in [4.78, 5) is 4.45. The van der Waals surface area contributed by atoms with Gasteiger partial charge in [0.25, 0.3) is 0 Å². The highest BCUT2D eigenvalue weighted by Gasteiger charge is 2.39. The van der Waals surface area contributed by atoms with Crippen LogP contribution in [0.15, 0.2) is 97.2 Å². The van der Waals surface area contributed by atoms with Crippen LogP contribution in [0.1, 0.15) is 16.9 Å². The third kappa shape index (κ3) is 4.23. The van der Waals surface area contributed by atoms with Crippen molar-refractivity contribution >= 4 is 35.2 Å². The topological polar surface area (TPSA) is 62.2 Å². The Morgan fingerprint density at radius 2 is 1.52 bits per heavy atom. The predicted molar refractivity (Wildman–Crippen MR) is 128 cm³/mol. The lowest BCUT2D eigenvalue weighted by atomic mass is 10.2. The van der Waals surface area contributed by atoms with Crippen LogP contribution in [0.5, 0.6) is 5.75 Å². The van der Waals surface area contributed by atoms with Gasteiger partial charge in [-0.2, -0.15) is 0 Å². The number of benzene rings is 3. The van der Waals surface area contributed by atoms with E-state index in [0.29, 0.717) is 27.0 Å². The van der Waals surface area contributed by atoms with Gasteiger partial charge in [-0.1, -0.05) is 78.3 Å². The molecule has 0 radical (unpaired) electrons. The number of aryl methyl sites for hydroxylation is 1. The minimum Gasteiger partial charge on any atom is -0.508 e. The monoisotopic (exact) mass is 448 g/mol. The molecule has 0 bridgehead atoms. The van der Waals surface area contributed by atoms with E-state index in [2.05, 4.69) is 10.3 Å². The molecule has 3 aromatic carbocycles. The van der Waals surface area contributed by atoms with Crippen molar-refractivity contribution in [2.24, 2.45) is 0 Å². The number of pyridine rings is 1. The second kappa shape index (κ2) is 8.97. The van der Waals surface area contributed by atoms with Gasteiger partial charge in [0.1, 0.15) is 17.4 Å². The van der Waals surface area contributed by atoms with Crippen LogP contribution in [-0.4, -0.2) is 10.1 Å². The first-order chi connectivity index (χ1) is 15.0. The molecular formula is C25H22ClN2O2P. The van der Waals surface area contributed by atoms with E-state index in [-0.39, 0.29) is 5.75 Å². The zero-order valence-electron chi connectivity index (χ0n) is 16.9. The normalized spacial score (nSPS) is 12.3. The number of nitrogens with one attached hydrogen (secondary N) is 1. The van der Waals surface area contributed by atoms with Crippen LogP contribution in [0.3, 0.4) is 0 Å². The van der Waals surface area contributed by atoms with Crippen LogP contribution in [-0.2, 0) is 4.57 Å². The molecule has 4 aromatic rings. The van der Waals surface area contributed by atoms with Gasteiger partial charge >= 0.3 is 0 Å². The van der Waals surface area contributed by atoms with E-state index in [0.717, 1.165) is 5.56 Å². The summed E-state index contributed by atoms with van der Waals surface area (Å²) in [6.45, 7) is 1.93. The Bertz CT molecular complexity index is 1190. The number of anilines is 1. The van der Waals surface area contributed by atoms with E-state index >= 15 is 4.57 Å². The smallest absolute Gasteiger partial charge is 0.168 e. The van der Waals surface area contributed by atoms with Gasteiger partial charge in [-0.15, -0.1) is 0 Å². The maximum absolute atomic E-state index is 15.1. The Morgan fingerprint density at radius 3 is 2.10 bits per heavy atom. The summed E-state index contributed by atoms with van der Waals surface area (Å²) in [5.74, 6) is -0.175. The van der Waals surface area contributed by atoms with Crippen LogP contribution in [0.4, 0.5) is 5.82 Å². The standard InChI is InChI=1S/C25H22ClN2O2P/c1-18-9-8-16-27-24(18)28-25(22-17-19(26)14-15-23(22)29)31(30,20-10-4-2-5-11-20)21-12-6-3-7-13-21/h2-17,25,29H,1H3,(H,27,28)/t25-/m1/s1. The molecule has 156 valence electrons. The number of halogens is 1. The van der Waals surface area contributed by atoms with Gasteiger partial charge in [-0.05, 0) is 36.8 Å². The first-order valence-electron chi connectivity index (χ1n) is 9.87. The minimum absolute atomic E-state index is 0.0163. The third-order valence-electron chi connectivity index (χ3n) is 5.21. The SMILES string of the molecule is Cc1cccnc1N[C@@H](c1cc(Cl)ccc1O)P(=O)(c1ccccc1)c1ccccc1. The van der Waals surface area contributed by atoms with Crippen molar-refractivity contribution in [1.29, 1.82) is 0 Å². The van der Waals surface area contributed by atoms with Gasteiger partial charge in [-0.25, -0.2) is 4.98 Å². The number of nitrogens with zero attached hydrogens (tertiary/aromatic N) is 1. The summed E-state index contributed by atoms with van der Waals surface area (Å²) in [5.41, 5.74) is 1.36. The Kier molecular flexibility index (Phi) is 6.13. The van der Waals surface area contributed by atoms with Gasteiger partial charge in [0.05, 0.1) is 0 Å². The first-order valence-corrected chi connectivity index (χ1v) is 12.0. The van der Waals surface area contributed by atoms with Crippen molar-refractivity contribution in [2.75, 3.05) is 5.32 Å². The quantitative estimate of drug-likeness (QED) is 0.362. The molecule has 0 fully saturated rings. The van der Waals surface area contributed by atoms with Crippen molar-refractivity contribution in [1.82, 2.24) is 4.98 Å². The van der Waals surface area contributed by atoms with Crippen molar-refractivity contribution in [3.63, 3.8) is 0 Å². The molecule has 0 unspecified atom stereocenters. The van der Waals surface area contributed by atoms with E-state index in [1.807, 2.05) is 79.7 Å². The molecule has 1 atom stereocenters. The highest BCUT2D eigenvalue weighted by Crippen LogP contribution is 2.58. The van der Waals surface area contributed by atoms with E-state index in [1.54, 1.807) is 18.3 Å². The zero-order valence-corrected chi connectivity index (χ0v) is 18.6. The third-order valence-corrected chi connectivity index (χ3v) is 8.71. The average molecular weight is 449 g/mol. The Morgan fingerprint density at radius 1 is 0.903 bits per heavy atom. The maximum Gasteiger partial charge on any atom is 0.168 e. The van der Waals surface area contributed by atoms with Crippen LogP contribution >= 0.6 is 18.7 Å². The van der Waals surface area contributed by atoms with Gasteiger partial charge < -0.3 is 15.0 Å². The molecule has 31 heavy (non-hydrogen) atoms. The molecule has 0 saturated carbocycles. The van der Waals surface area contributed by atoms with Gasteiger partial charge in [0, 0.05) is 27.4 Å². The van der Waals surface area contributed by atoms with Crippen LogP contribution < -0.4 is 15.9 Å². The zero-order chi connectivity index (χ0) is 21.8. The largest absolute Gasteiger partial charge is 0.508 e. The van der Waals surface area contributed by atoms with E-state index < -0.39 is 12.9 Å². The number of hydrogen-bond donors (Lipinski definition) is 2. The van der Waals surface area contributed by atoms with E-state index in [9.17, 15) is 5.11 Å². The highest BCUT2D eigenvalue weighted by molar-refractivity contribution is 7.79. The number of hydrogen-bond acceptors (Lipinski definition) is 4. The molecule has 4 rings (SSSR count). The lowest BCUT2D eigenvalue weighted by molar-refractivity contribution is 0.467. The van der Waals surface area contributed by atoms with Gasteiger partial charge in [0.15, 0.2) is 7.14 Å². The van der Waals surface area contributed by atoms with E-state index in [1.165, 1.54) is 6.07 Å². The summed E-state index contributed by atoms with van der Waals surface area (Å²) >= 11 is 6.29. The van der Waals surface area contributed by atoms with Crippen LogP contribution in [0.25, 0.3) is 0 Å². The Hall–Kier alpha value is -3.07. The fourth-order valence-electron chi connectivity index (χ4n) is 3.62. The molecule has 6 heteroatoms. The maximum atomic E-state index is 15.1. The molecule has 0 spiro atoms. The molecule has 1 aromatic heterocycles. The fourth-order valence-corrected chi connectivity index (χ4v) is 6.83. The van der Waals surface area contributed by atoms with Crippen LogP contribution in [0, 0.1) is 6.92 Å². The lowest BCUT2D eigenvalue weighted by Gasteiger charge is -2.31. The van der Waals surface area contributed by atoms with Crippen molar-refractivity contribution < 1.29 is 9.67 Å². The molecule has 0 aliphatic rings. The predicted octanol–water partition coefficient (Wildman–Crippen LogP) is 5.87. The number of phenols is 1. The molecular weight excluding hydrogens is 427 g/mol. The van der Waals surface area contributed by atoms with Crippen molar-refractivity contribution in [3.8, 4) is 5.75 Å². The Labute approximate surface area is 186 Å². The summed E-state index contributed by atoms with van der Waals surface area (Å²) in [6, 6.07) is 27.2. The number of aromatic nitrogens is 1. The van der Waals surface area contributed by atoms with Crippen molar-refractivity contribution in [3.05, 3.63) is 113 Å². The fraction of sp³-hybridized carbons (Fsp3) is 0.0800. The Balaban J connectivity index is 2.00. The minimum atomic E-state index is -3.36. The second-order valence-electron chi connectivity index (χ2n) is 7.25. The molecule has 0 aliphatic carbocycles.